The molecule has 1 aromatic rings. The number of rotatable bonds is 3. The van der Waals surface area contributed by atoms with E-state index in [-0.39, 0.29) is 12.1 Å². The quantitative estimate of drug-likeness (QED) is 0.812. The third-order valence-corrected chi connectivity index (χ3v) is 3.09. The van der Waals surface area contributed by atoms with E-state index in [1.54, 1.807) is 0 Å². The molecule has 1 aliphatic carbocycles. The van der Waals surface area contributed by atoms with Crippen LogP contribution < -0.4 is 5.73 Å². The minimum atomic E-state index is -0.0519. The van der Waals surface area contributed by atoms with Gasteiger partial charge in [0, 0.05) is 6.61 Å². The zero-order chi connectivity index (χ0) is 10.3. The van der Waals surface area contributed by atoms with Crippen molar-refractivity contribution in [3.63, 3.8) is 0 Å². The van der Waals surface area contributed by atoms with Crippen LogP contribution >= 0.6 is 0 Å². The molecule has 0 spiro atoms. The van der Waals surface area contributed by atoms with Crippen LogP contribution in [0.5, 0.6) is 0 Å². The number of nitrogens with two attached hydrogens (primary N) is 1. The monoisotopic (exact) mass is 209 g/mol. The van der Waals surface area contributed by atoms with Gasteiger partial charge in [-0.1, -0.05) is 5.16 Å². The minimum Gasteiger partial charge on any atom is -0.368 e. The maximum atomic E-state index is 5.99. The Kier molecular flexibility index (Phi) is 2.21. The Labute approximate surface area is 88.0 Å². The molecule has 0 amide bonds. The number of hydrogen-bond donors (Lipinski definition) is 1. The largest absolute Gasteiger partial charge is 0.368 e. The zero-order valence-electron chi connectivity index (χ0n) is 8.56. The summed E-state index contributed by atoms with van der Waals surface area (Å²) in [5, 5.41) is 3.93. The van der Waals surface area contributed by atoms with Crippen molar-refractivity contribution in [1.82, 2.24) is 10.1 Å². The van der Waals surface area contributed by atoms with Crippen molar-refractivity contribution in [2.75, 3.05) is 6.61 Å². The van der Waals surface area contributed by atoms with E-state index in [1.807, 2.05) is 0 Å². The van der Waals surface area contributed by atoms with Crippen LogP contribution in [0.15, 0.2) is 4.52 Å². The highest BCUT2D eigenvalue weighted by atomic mass is 16.5. The molecule has 1 saturated carbocycles. The SMILES string of the molecule is NC(c1noc(C2CCCO2)n1)C1CC1. The normalized spacial score (nSPS) is 28.2. The highest BCUT2D eigenvalue weighted by Crippen LogP contribution is 2.39. The maximum Gasteiger partial charge on any atom is 0.255 e. The van der Waals surface area contributed by atoms with Gasteiger partial charge < -0.3 is 15.0 Å². The highest BCUT2D eigenvalue weighted by molar-refractivity contribution is 5.01. The van der Waals surface area contributed by atoms with Crippen molar-refractivity contribution < 1.29 is 9.26 Å². The lowest BCUT2D eigenvalue weighted by atomic mass is 10.2. The molecule has 0 bridgehead atoms. The van der Waals surface area contributed by atoms with Crippen molar-refractivity contribution in [3.8, 4) is 0 Å². The molecule has 5 heteroatoms. The van der Waals surface area contributed by atoms with Gasteiger partial charge in [0.05, 0.1) is 6.04 Å². The van der Waals surface area contributed by atoms with Crippen LogP contribution in [0.2, 0.25) is 0 Å². The van der Waals surface area contributed by atoms with E-state index in [0.29, 0.717) is 17.6 Å². The molecule has 2 heterocycles. The first-order valence-electron chi connectivity index (χ1n) is 5.55. The van der Waals surface area contributed by atoms with Gasteiger partial charge in [-0.2, -0.15) is 4.98 Å². The zero-order valence-corrected chi connectivity index (χ0v) is 8.56. The van der Waals surface area contributed by atoms with Crippen molar-refractivity contribution >= 4 is 0 Å². The Morgan fingerprint density at radius 1 is 1.33 bits per heavy atom. The fourth-order valence-corrected chi connectivity index (χ4v) is 1.95. The molecule has 3 rings (SSSR count). The van der Waals surface area contributed by atoms with E-state index in [2.05, 4.69) is 10.1 Å². The van der Waals surface area contributed by atoms with Gasteiger partial charge in [-0.25, -0.2) is 0 Å². The average Bonchev–Trinajstić information content (AvgIpc) is 2.80. The van der Waals surface area contributed by atoms with Gasteiger partial charge in [0.25, 0.3) is 5.89 Å². The van der Waals surface area contributed by atoms with Gasteiger partial charge in [0.2, 0.25) is 0 Å². The molecular formula is C10H15N3O2. The summed E-state index contributed by atoms with van der Waals surface area (Å²) in [6.45, 7) is 0.789. The molecule has 1 aromatic heterocycles. The Hall–Kier alpha value is -0.940. The Morgan fingerprint density at radius 2 is 2.20 bits per heavy atom. The Bertz CT molecular complexity index is 326. The van der Waals surface area contributed by atoms with Gasteiger partial charge in [-0.15, -0.1) is 0 Å². The Morgan fingerprint density at radius 3 is 2.87 bits per heavy atom. The molecule has 0 radical (unpaired) electrons. The van der Waals surface area contributed by atoms with Crippen molar-refractivity contribution in [2.45, 2.75) is 37.8 Å². The number of hydrogen-bond acceptors (Lipinski definition) is 5. The molecule has 2 N–H and O–H groups in total. The smallest absolute Gasteiger partial charge is 0.255 e. The molecule has 15 heavy (non-hydrogen) atoms. The van der Waals surface area contributed by atoms with E-state index in [1.165, 1.54) is 12.8 Å². The highest BCUT2D eigenvalue weighted by Gasteiger charge is 2.33. The summed E-state index contributed by atoms with van der Waals surface area (Å²) in [4.78, 5) is 4.33. The van der Waals surface area contributed by atoms with Crippen LogP contribution in [-0.2, 0) is 4.74 Å². The summed E-state index contributed by atoms with van der Waals surface area (Å²) in [6.07, 6.45) is 4.41. The standard InChI is InChI=1S/C10H15N3O2/c11-8(6-3-4-6)9-12-10(15-13-9)7-2-1-5-14-7/h6-8H,1-5,11H2. The molecule has 1 saturated heterocycles. The van der Waals surface area contributed by atoms with Gasteiger partial charge in [0.1, 0.15) is 6.10 Å². The van der Waals surface area contributed by atoms with Gasteiger partial charge >= 0.3 is 0 Å². The molecular weight excluding hydrogens is 194 g/mol. The predicted molar refractivity (Wildman–Crippen MR) is 51.9 cm³/mol. The second kappa shape index (κ2) is 3.57. The third-order valence-electron chi connectivity index (χ3n) is 3.09. The molecule has 2 unspecified atom stereocenters. The van der Waals surface area contributed by atoms with E-state index in [9.17, 15) is 0 Å². The second-order valence-electron chi connectivity index (χ2n) is 4.36. The van der Waals surface area contributed by atoms with E-state index in [4.69, 9.17) is 15.0 Å². The summed E-state index contributed by atoms with van der Waals surface area (Å²) < 4.78 is 10.7. The molecule has 2 aliphatic rings. The van der Waals surface area contributed by atoms with Crippen LogP contribution in [0.25, 0.3) is 0 Å². The van der Waals surface area contributed by atoms with Crippen molar-refractivity contribution in [2.24, 2.45) is 11.7 Å². The lowest BCUT2D eigenvalue weighted by Crippen LogP contribution is -2.14. The fraction of sp³-hybridized carbons (Fsp3) is 0.800. The third kappa shape index (κ3) is 1.77. The molecule has 0 aromatic carbocycles. The molecule has 82 valence electrons. The van der Waals surface area contributed by atoms with E-state index in [0.717, 1.165) is 19.4 Å². The number of aromatic nitrogens is 2. The summed E-state index contributed by atoms with van der Waals surface area (Å²) in [5.74, 6) is 1.79. The van der Waals surface area contributed by atoms with Crippen LogP contribution in [0, 0.1) is 5.92 Å². The predicted octanol–water partition coefficient (Wildman–Crippen LogP) is 1.33. The number of ether oxygens (including phenoxy) is 1. The first kappa shape index (κ1) is 9.30. The van der Waals surface area contributed by atoms with Gasteiger partial charge in [0.15, 0.2) is 5.82 Å². The van der Waals surface area contributed by atoms with Gasteiger partial charge in [-0.05, 0) is 31.6 Å². The van der Waals surface area contributed by atoms with Crippen molar-refractivity contribution in [1.29, 1.82) is 0 Å². The summed E-state index contributed by atoms with van der Waals surface area (Å²) >= 11 is 0. The summed E-state index contributed by atoms with van der Waals surface area (Å²) in [6, 6.07) is -0.0519. The summed E-state index contributed by atoms with van der Waals surface area (Å²) in [5.41, 5.74) is 5.99. The molecule has 2 atom stereocenters. The lowest BCUT2D eigenvalue weighted by molar-refractivity contribution is 0.0835. The number of nitrogens with zero attached hydrogens (tertiary/aromatic N) is 2. The van der Waals surface area contributed by atoms with Gasteiger partial charge in [-0.3, -0.25) is 0 Å². The minimum absolute atomic E-state index is 0.00217. The topological polar surface area (TPSA) is 74.2 Å². The first-order chi connectivity index (χ1) is 7.34. The fourth-order valence-electron chi connectivity index (χ4n) is 1.95. The Balaban J connectivity index is 1.74. The molecule has 1 aliphatic heterocycles. The van der Waals surface area contributed by atoms with Crippen LogP contribution in [-0.4, -0.2) is 16.7 Å². The second-order valence-corrected chi connectivity index (χ2v) is 4.36. The first-order valence-corrected chi connectivity index (χ1v) is 5.55. The molecule has 5 nitrogen and oxygen atoms in total. The average molecular weight is 209 g/mol. The van der Waals surface area contributed by atoms with Crippen LogP contribution in [0.1, 0.15) is 49.5 Å². The van der Waals surface area contributed by atoms with Crippen LogP contribution in [0.4, 0.5) is 0 Å². The van der Waals surface area contributed by atoms with E-state index < -0.39 is 0 Å². The van der Waals surface area contributed by atoms with Crippen LogP contribution in [0.3, 0.4) is 0 Å². The summed E-state index contributed by atoms with van der Waals surface area (Å²) in [7, 11) is 0. The lowest BCUT2D eigenvalue weighted by Gasteiger charge is -2.03. The maximum absolute atomic E-state index is 5.99. The molecule has 2 fully saturated rings. The van der Waals surface area contributed by atoms with Crippen molar-refractivity contribution in [3.05, 3.63) is 11.7 Å². The van der Waals surface area contributed by atoms with E-state index >= 15 is 0 Å².